The molecule has 1 amide bonds. The number of fused-ring (bicyclic) bond motifs is 1. The van der Waals surface area contributed by atoms with E-state index in [1.54, 1.807) is 37.1 Å². The molecule has 0 unspecified atom stereocenters. The van der Waals surface area contributed by atoms with E-state index in [2.05, 4.69) is 0 Å². The largest absolute Gasteiger partial charge is 0.497 e. The summed E-state index contributed by atoms with van der Waals surface area (Å²) in [6.45, 7) is 0.145. The Morgan fingerprint density at radius 1 is 1.41 bits per heavy atom. The van der Waals surface area contributed by atoms with Gasteiger partial charge in [0, 0.05) is 5.75 Å². The van der Waals surface area contributed by atoms with E-state index >= 15 is 0 Å². The van der Waals surface area contributed by atoms with Gasteiger partial charge in [-0.3, -0.25) is 9.69 Å². The first-order chi connectivity index (χ1) is 10.6. The average molecular weight is 320 g/mol. The van der Waals surface area contributed by atoms with Crippen LogP contribution in [-0.4, -0.2) is 41.1 Å². The molecule has 6 nitrogen and oxygen atoms in total. The van der Waals surface area contributed by atoms with E-state index in [-0.39, 0.29) is 17.9 Å². The lowest BCUT2D eigenvalue weighted by atomic mass is 10.1. The van der Waals surface area contributed by atoms with E-state index in [4.69, 9.17) is 15.2 Å². The third-order valence-electron chi connectivity index (χ3n) is 3.63. The van der Waals surface area contributed by atoms with Gasteiger partial charge >= 0.3 is 5.97 Å². The Balaban J connectivity index is 1.62. The lowest BCUT2D eigenvalue weighted by Crippen LogP contribution is -2.68. The van der Waals surface area contributed by atoms with Gasteiger partial charge in [0.25, 0.3) is 0 Å². The number of methoxy groups -OCH3 is 1. The standard InChI is InChI=1S/C15H16N2O4S/c1-20-10-4-2-9(3-5-10)8-21-15(19)11-6-7-22-14-12(16)13(18)17(11)14/h2-6,12,14H,7-8,16H2,1H3/t12-,14-/m1/s1. The topological polar surface area (TPSA) is 81.9 Å². The molecule has 2 atom stereocenters. The summed E-state index contributed by atoms with van der Waals surface area (Å²) >= 11 is 1.55. The second kappa shape index (κ2) is 6.02. The van der Waals surface area contributed by atoms with Crippen molar-refractivity contribution in [3.05, 3.63) is 41.6 Å². The van der Waals surface area contributed by atoms with Crippen LogP contribution < -0.4 is 10.5 Å². The van der Waals surface area contributed by atoms with Gasteiger partial charge in [-0.05, 0) is 23.8 Å². The third kappa shape index (κ3) is 2.57. The Hall–Kier alpha value is -1.99. The number of hydrogen-bond donors (Lipinski definition) is 1. The number of carbonyl (C=O) groups is 2. The Morgan fingerprint density at radius 2 is 2.14 bits per heavy atom. The van der Waals surface area contributed by atoms with Gasteiger partial charge in [-0.25, -0.2) is 4.79 Å². The van der Waals surface area contributed by atoms with Crippen molar-refractivity contribution in [1.29, 1.82) is 0 Å². The summed E-state index contributed by atoms with van der Waals surface area (Å²) in [6, 6.07) is 6.72. The first-order valence-corrected chi connectivity index (χ1v) is 7.87. The fourth-order valence-electron chi connectivity index (χ4n) is 2.37. The van der Waals surface area contributed by atoms with Crippen LogP contribution in [0.2, 0.25) is 0 Å². The minimum absolute atomic E-state index is 0.145. The number of benzene rings is 1. The first-order valence-electron chi connectivity index (χ1n) is 6.82. The van der Waals surface area contributed by atoms with Crippen LogP contribution >= 0.6 is 11.8 Å². The maximum Gasteiger partial charge on any atom is 0.355 e. The van der Waals surface area contributed by atoms with Crippen LogP contribution in [-0.2, 0) is 20.9 Å². The molecule has 2 N–H and O–H groups in total. The highest BCUT2D eigenvalue weighted by atomic mass is 32.2. The van der Waals surface area contributed by atoms with Gasteiger partial charge in [0.05, 0.1) is 7.11 Å². The molecule has 1 fully saturated rings. The van der Waals surface area contributed by atoms with E-state index in [1.807, 2.05) is 12.1 Å². The Labute approximate surface area is 132 Å². The summed E-state index contributed by atoms with van der Waals surface area (Å²) in [7, 11) is 1.59. The second-order valence-corrected chi connectivity index (χ2v) is 6.12. The van der Waals surface area contributed by atoms with Crippen LogP contribution in [0, 0.1) is 0 Å². The number of carbonyl (C=O) groups excluding carboxylic acids is 2. The second-order valence-electron chi connectivity index (χ2n) is 4.97. The quantitative estimate of drug-likeness (QED) is 0.655. The first kappa shape index (κ1) is 14.9. The molecule has 0 spiro atoms. The molecule has 0 aliphatic carbocycles. The predicted octanol–water partition coefficient (Wildman–Crippen LogP) is 0.865. The van der Waals surface area contributed by atoms with E-state index in [0.29, 0.717) is 11.4 Å². The van der Waals surface area contributed by atoms with Gasteiger partial charge in [0.2, 0.25) is 5.91 Å². The van der Waals surface area contributed by atoms with Crippen LogP contribution in [0.1, 0.15) is 5.56 Å². The monoisotopic (exact) mass is 320 g/mol. The number of esters is 1. The fourth-order valence-corrected chi connectivity index (χ4v) is 3.51. The minimum Gasteiger partial charge on any atom is -0.497 e. The molecular weight excluding hydrogens is 304 g/mol. The molecule has 2 aliphatic rings. The highest BCUT2D eigenvalue weighted by Gasteiger charge is 2.50. The summed E-state index contributed by atoms with van der Waals surface area (Å²) in [5.74, 6) is 0.658. The number of β-lactam (4-membered cyclic amide) rings is 1. The predicted molar refractivity (Wildman–Crippen MR) is 81.9 cm³/mol. The normalized spacial score (nSPS) is 23.3. The van der Waals surface area contributed by atoms with Crippen molar-refractivity contribution in [2.75, 3.05) is 12.9 Å². The van der Waals surface area contributed by atoms with Gasteiger partial charge in [0.1, 0.15) is 29.5 Å². The van der Waals surface area contributed by atoms with Crippen molar-refractivity contribution in [3.8, 4) is 5.75 Å². The van der Waals surface area contributed by atoms with Gasteiger partial charge < -0.3 is 15.2 Å². The maximum atomic E-state index is 12.2. The molecule has 116 valence electrons. The van der Waals surface area contributed by atoms with Crippen LogP contribution in [0.4, 0.5) is 0 Å². The number of nitrogens with zero attached hydrogens (tertiary/aromatic N) is 1. The van der Waals surface area contributed by atoms with E-state index in [1.165, 1.54) is 4.90 Å². The molecule has 0 aromatic heterocycles. The van der Waals surface area contributed by atoms with Gasteiger partial charge in [-0.15, -0.1) is 11.8 Å². The van der Waals surface area contributed by atoms with Crippen LogP contribution in [0.15, 0.2) is 36.0 Å². The molecule has 2 heterocycles. The zero-order chi connectivity index (χ0) is 15.7. The fraction of sp³-hybridized carbons (Fsp3) is 0.333. The number of thioether (sulfide) groups is 1. The summed E-state index contributed by atoms with van der Waals surface area (Å²) in [5, 5.41) is -0.152. The van der Waals surface area contributed by atoms with E-state index in [0.717, 1.165) is 11.3 Å². The van der Waals surface area contributed by atoms with Crippen molar-refractivity contribution in [3.63, 3.8) is 0 Å². The lowest BCUT2D eigenvalue weighted by molar-refractivity contribution is -0.151. The maximum absolute atomic E-state index is 12.2. The van der Waals surface area contributed by atoms with Crippen LogP contribution in [0.25, 0.3) is 0 Å². The molecule has 22 heavy (non-hydrogen) atoms. The smallest absolute Gasteiger partial charge is 0.355 e. The van der Waals surface area contributed by atoms with Crippen molar-refractivity contribution in [2.24, 2.45) is 5.73 Å². The average Bonchev–Trinajstić information content (AvgIpc) is 2.58. The molecule has 7 heteroatoms. The Morgan fingerprint density at radius 3 is 2.82 bits per heavy atom. The van der Waals surface area contributed by atoms with Crippen molar-refractivity contribution in [2.45, 2.75) is 18.0 Å². The highest BCUT2D eigenvalue weighted by Crippen LogP contribution is 2.36. The number of amides is 1. The summed E-state index contributed by atoms with van der Waals surface area (Å²) in [4.78, 5) is 25.4. The van der Waals surface area contributed by atoms with E-state index < -0.39 is 12.0 Å². The summed E-state index contributed by atoms with van der Waals surface area (Å²) < 4.78 is 10.4. The van der Waals surface area contributed by atoms with Crippen LogP contribution in [0.5, 0.6) is 5.75 Å². The summed E-state index contributed by atoms with van der Waals surface area (Å²) in [6.07, 6.45) is 1.71. The summed E-state index contributed by atoms with van der Waals surface area (Å²) in [5.41, 5.74) is 6.87. The number of rotatable bonds is 4. The molecule has 0 radical (unpaired) electrons. The van der Waals surface area contributed by atoms with Crippen molar-refractivity contribution in [1.82, 2.24) is 4.90 Å². The molecule has 1 aromatic rings. The van der Waals surface area contributed by atoms with E-state index in [9.17, 15) is 9.59 Å². The van der Waals surface area contributed by atoms with Gasteiger partial charge in [-0.1, -0.05) is 12.1 Å². The zero-order valence-corrected chi connectivity index (χ0v) is 12.8. The molecular formula is C15H16N2O4S. The van der Waals surface area contributed by atoms with Crippen molar-refractivity contribution >= 4 is 23.6 Å². The van der Waals surface area contributed by atoms with Crippen LogP contribution in [0.3, 0.4) is 0 Å². The molecule has 3 rings (SSSR count). The molecule has 0 saturated carbocycles. The van der Waals surface area contributed by atoms with Gasteiger partial charge in [-0.2, -0.15) is 0 Å². The molecule has 2 aliphatic heterocycles. The Kier molecular flexibility index (Phi) is 4.08. The number of nitrogens with two attached hydrogens (primary N) is 1. The number of ether oxygens (including phenoxy) is 2. The Bertz CT molecular complexity index is 629. The number of hydrogen-bond acceptors (Lipinski definition) is 6. The van der Waals surface area contributed by atoms with Crippen molar-refractivity contribution < 1.29 is 19.1 Å². The highest BCUT2D eigenvalue weighted by molar-refractivity contribution is 8.00. The third-order valence-corrected chi connectivity index (χ3v) is 4.83. The zero-order valence-electron chi connectivity index (χ0n) is 12.0. The SMILES string of the molecule is COc1ccc(COC(=O)C2=CCS[C@@H]3[C@H](N)C(=O)N23)cc1. The molecule has 1 saturated heterocycles. The molecule has 0 bridgehead atoms. The lowest BCUT2D eigenvalue weighted by Gasteiger charge is -2.46. The van der Waals surface area contributed by atoms with Gasteiger partial charge in [0.15, 0.2) is 0 Å². The molecule has 1 aromatic carbocycles. The minimum atomic E-state index is -0.525.